The van der Waals surface area contributed by atoms with Gasteiger partial charge in [0.15, 0.2) is 0 Å². The van der Waals surface area contributed by atoms with Crippen LogP contribution in [0.4, 0.5) is 0 Å². The summed E-state index contributed by atoms with van der Waals surface area (Å²) in [4.78, 5) is 0. The Hall–Kier alpha value is 2.60. The minimum absolute atomic E-state index is 2.35. The van der Waals surface area contributed by atoms with Crippen LogP contribution in [0.5, 0.6) is 0 Å². The van der Waals surface area contributed by atoms with Gasteiger partial charge in [-0.2, -0.15) is 0 Å². The molecule has 0 aromatic heterocycles. The molecular weight excluding hydrogens is 390 g/mol. The van der Waals surface area contributed by atoms with Gasteiger partial charge in [0, 0.05) is 0 Å². The first-order valence-electron chi connectivity index (χ1n) is 0.873. The van der Waals surface area contributed by atoms with E-state index in [0.29, 0.717) is 0 Å². The van der Waals surface area contributed by atoms with Crippen molar-refractivity contribution in [3.8, 4) is 0 Å². The predicted octanol–water partition coefficient (Wildman–Crippen LogP) is 2.85. The summed E-state index contributed by atoms with van der Waals surface area (Å²) in [7, 11) is 5.50. The molecule has 0 saturated heterocycles. The van der Waals surface area contributed by atoms with Gasteiger partial charge < -0.3 is 0 Å². The van der Waals surface area contributed by atoms with Crippen LogP contribution in [0.15, 0.2) is 0 Å². The van der Waals surface area contributed by atoms with E-state index < -0.39 is 11.8 Å². The number of halogens is 4. The van der Waals surface area contributed by atoms with Crippen LogP contribution < -0.4 is 0 Å². The van der Waals surface area contributed by atoms with Gasteiger partial charge in [-0.15, -0.1) is 0 Å². The third kappa shape index (κ3) is 20.7. The van der Waals surface area contributed by atoms with Gasteiger partial charge in [0.05, 0.1) is 0 Å². The van der Waals surface area contributed by atoms with Crippen molar-refractivity contribution in [1.82, 2.24) is 0 Å². The number of rotatable bonds is 0. The molecule has 0 radical (unpaired) electrons. The summed E-state index contributed by atoms with van der Waals surface area (Å²) in [6, 6.07) is 0. The van der Waals surface area contributed by atoms with Gasteiger partial charge in [-0.1, -0.05) is 0 Å². The quantitative estimate of drug-likeness (QED) is 0.597. The molecule has 0 amide bonds. The Morgan fingerprint density at radius 3 is 1.20 bits per heavy atom. The summed E-state index contributed by atoms with van der Waals surface area (Å²) in [5, 5.41) is 0. The van der Waals surface area contributed by atoms with Gasteiger partial charge >= 0.3 is 57.3 Å². The second-order valence-electron chi connectivity index (χ2n) is 0.495. The van der Waals surface area contributed by atoms with Crippen molar-refractivity contribution in [3.63, 3.8) is 0 Å². The summed E-state index contributed by atoms with van der Waals surface area (Å²) < 4.78 is 0. The van der Waals surface area contributed by atoms with Crippen LogP contribution in [0.3, 0.4) is 0 Å². The summed E-state index contributed by atoms with van der Waals surface area (Å²) >= 11 is 7.23. The van der Waals surface area contributed by atoms with Crippen LogP contribution in [0.25, 0.3) is 0 Å². The molecule has 0 aromatic rings. The Balaban J connectivity index is 3.02. The standard InChI is InChI=1S/3BrH.ClH.In/h4*1H;/q;;;;+3/p-4. The molecule has 0 heterocycles. The molecule has 0 aliphatic rings. The van der Waals surface area contributed by atoms with Crippen molar-refractivity contribution < 1.29 is 0 Å². The molecule has 5 heteroatoms. The Bertz CT molecular complexity index is 22.4. The maximum atomic E-state index is 5.50. The zero-order chi connectivity index (χ0) is 4.50. The van der Waals surface area contributed by atoms with Crippen molar-refractivity contribution in [2.75, 3.05) is 0 Å². The Kier molecular flexibility index (Phi) is 4.25. The van der Waals surface area contributed by atoms with E-state index in [2.05, 4.69) is 36.9 Å². The first-order valence-corrected chi connectivity index (χ1v) is 27.2. The van der Waals surface area contributed by atoms with E-state index in [0.717, 1.165) is 0 Å². The van der Waals surface area contributed by atoms with E-state index in [9.17, 15) is 0 Å². The summed E-state index contributed by atoms with van der Waals surface area (Å²) in [6.45, 7) is 0. The third-order valence-electron chi connectivity index (χ3n) is 0. The predicted molar refractivity (Wildman–Crippen MR) is 38.4 cm³/mol. The van der Waals surface area contributed by atoms with Gasteiger partial charge in [0.25, 0.3) is 0 Å². The minimum atomic E-state index is -2.35. The van der Waals surface area contributed by atoms with Crippen LogP contribution in [-0.4, -0.2) is 11.8 Å². The van der Waals surface area contributed by atoms with Crippen molar-refractivity contribution in [3.05, 3.63) is 0 Å². The first-order chi connectivity index (χ1) is 2.00. The molecule has 32 valence electrons. The molecule has 0 bridgehead atoms. The van der Waals surface area contributed by atoms with E-state index in [-0.39, 0.29) is 0 Å². The molecule has 0 spiro atoms. The second kappa shape index (κ2) is 2.80. The van der Waals surface area contributed by atoms with Crippen LogP contribution >= 0.6 is 45.5 Å². The van der Waals surface area contributed by atoms with Gasteiger partial charge in [0.1, 0.15) is 0 Å². The average molecular weight is 390 g/mol. The molecule has 0 aliphatic carbocycles. The van der Waals surface area contributed by atoms with Gasteiger partial charge in [-0.25, -0.2) is 0 Å². The monoisotopic (exact) mass is 387 g/mol. The Labute approximate surface area is 56.0 Å². The fourth-order valence-corrected chi connectivity index (χ4v) is 0. The fourth-order valence-electron chi connectivity index (χ4n) is 0. The number of hydrogen-bond acceptors (Lipinski definition) is 0. The van der Waals surface area contributed by atoms with Crippen LogP contribution in [0.2, 0.25) is 0 Å². The van der Waals surface area contributed by atoms with Crippen LogP contribution in [0.1, 0.15) is 0 Å². The molecule has 0 rings (SSSR count). The normalized spacial score (nSPS) is 12.0. The molecule has 0 aromatic carbocycles. The van der Waals surface area contributed by atoms with E-state index in [4.69, 9.17) is 8.58 Å². The Morgan fingerprint density at radius 2 is 1.20 bits per heavy atom. The average Bonchev–Trinajstić information content (AvgIpc) is 0.722. The van der Waals surface area contributed by atoms with Crippen molar-refractivity contribution in [2.45, 2.75) is 0 Å². The van der Waals surface area contributed by atoms with E-state index in [1.54, 1.807) is 0 Å². The molecule has 0 fully saturated rings. The molecule has 0 nitrogen and oxygen atoms in total. The van der Waals surface area contributed by atoms with Gasteiger partial charge in [-0.3, -0.25) is 0 Å². The SMILES string of the molecule is [Cl][In-]([Br])([Br])[Br]. The molecule has 0 unspecified atom stereocenters. The molecule has 0 atom stereocenters. The van der Waals surface area contributed by atoms with Gasteiger partial charge in [0.2, 0.25) is 0 Å². The first kappa shape index (κ1) is 7.60. The molecule has 0 N–H and O–H groups in total. The zero-order valence-corrected chi connectivity index (χ0v) is 10.9. The summed E-state index contributed by atoms with van der Waals surface area (Å²) in [5.41, 5.74) is 0. The summed E-state index contributed by atoms with van der Waals surface area (Å²) in [6.07, 6.45) is 0. The fraction of sp³-hybridized carbons (Fsp3) is 0. The maximum absolute atomic E-state index is 5.50. The zero-order valence-electron chi connectivity index (χ0n) is 2.09. The number of hydrogen-bond donors (Lipinski definition) is 0. The van der Waals surface area contributed by atoms with Gasteiger partial charge in [-0.05, 0) is 0 Å². The van der Waals surface area contributed by atoms with Crippen molar-refractivity contribution >= 4 is 57.3 Å². The Morgan fingerprint density at radius 1 is 1.20 bits per heavy atom. The van der Waals surface area contributed by atoms with E-state index in [1.165, 1.54) is 0 Å². The third-order valence-corrected chi connectivity index (χ3v) is 0. The van der Waals surface area contributed by atoms with Crippen LogP contribution in [-0.2, 0) is 0 Å². The van der Waals surface area contributed by atoms with Crippen molar-refractivity contribution in [1.29, 1.82) is 0 Å². The molecule has 5 heavy (non-hydrogen) atoms. The van der Waals surface area contributed by atoms with Crippen molar-refractivity contribution in [2.24, 2.45) is 0 Å². The molecule has 0 aliphatic heterocycles. The van der Waals surface area contributed by atoms with E-state index >= 15 is 0 Å². The molecular formula is Br3ClIn-. The molecule has 0 saturated carbocycles. The topological polar surface area (TPSA) is 0 Å². The van der Waals surface area contributed by atoms with E-state index in [1.807, 2.05) is 0 Å². The second-order valence-corrected chi connectivity index (χ2v) is 70.7. The van der Waals surface area contributed by atoms with Crippen LogP contribution in [0, 0.1) is 0 Å². The summed E-state index contributed by atoms with van der Waals surface area (Å²) in [5.74, 6) is 0.